The van der Waals surface area contributed by atoms with E-state index in [2.05, 4.69) is 30.3 Å². The number of nitrogens with one attached hydrogen (secondary N) is 1. The Morgan fingerprint density at radius 3 is 2.80 bits per heavy atom. The van der Waals surface area contributed by atoms with Gasteiger partial charge in [0.05, 0.1) is 5.69 Å². The molecule has 1 aliphatic heterocycles. The van der Waals surface area contributed by atoms with Crippen molar-refractivity contribution in [2.45, 2.75) is 26.7 Å². The van der Waals surface area contributed by atoms with Gasteiger partial charge in [0.15, 0.2) is 5.82 Å². The molecule has 1 N–H and O–H groups in total. The second-order valence-corrected chi connectivity index (χ2v) is 6.21. The fourth-order valence-corrected chi connectivity index (χ4v) is 3.12. The molecule has 3 aromatic rings. The molecule has 0 atom stereocenters. The molecular formula is C17H19N7O. The van der Waals surface area contributed by atoms with E-state index in [1.807, 2.05) is 26.0 Å². The molecule has 0 bridgehead atoms. The Morgan fingerprint density at radius 2 is 2.00 bits per heavy atom. The maximum absolute atomic E-state index is 12.6. The summed E-state index contributed by atoms with van der Waals surface area (Å²) in [7, 11) is 0. The lowest BCUT2D eigenvalue weighted by Crippen LogP contribution is -2.22. The molecule has 0 unspecified atom stereocenters. The average molecular weight is 337 g/mol. The molecule has 8 heteroatoms. The van der Waals surface area contributed by atoms with E-state index in [0.717, 1.165) is 43.1 Å². The van der Waals surface area contributed by atoms with Crippen LogP contribution < -0.4 is 10.2 Å². The van der Waals surface area contributed by atoms with E-state index in [0.29, 0.717) is 11.5 Å². The van der Waals surface area contributed by atoms with Crippen molar-refractivity contribution >= 4 is 23.2 Å². The lowest BCUT2D eigenvalue weighted by molar-refractivity contribution is 0.101. The zero-order chi connectivity index (χ0) is 17.4. The van der Waals surface area contributed by atoms with Crippen molar-refractivity contribution in [3.63, 3.8) is 0 Å². The number of carbonyl (C=O) groups is 1. The van der Waals surface area contributed by atoms with E-state index < -0.39 is 0 Å². The summed E-state index contributed by atoms with van der Waals surface area (Å²) >= 11 is 0. The van der Waals surface area contributed by atoms with E-state index in [-0.39, 0.29) is 11.7 Å². The number of anilines is 2. The van der Waals surface area contributed by atoms with Crippen LogP contribution in [0.2, 0.25) is 0 Å². The number of amides is 1. The van der Waals surface area contributed by atoms with Crippen LogP contribution in [0.1, 0.15) is 34.8 Å². The lowest BCUT2D eigenvalue weighted by atomic mass is 10.3. The number of pyridine rings is 1. The summed E-state index contributed by atoms with van der Waals surface area (Å²) in [4.78, 5) is 27.8. The highest BCUT2D eigenvalue weighted by atomic mass is 16.2. The third-order valence-corrected chi connectivity index (χ3v) is 4.26. The smallest absolute Gasteiger partial charge is 0.295 e. The van der Waals surface area contributed by atoms with Crippen LogP contribution >= 0.6 is 0 Å². The highest BCUT2D eigenvalue weighted by molar-refractivity contribution is 6.03. The Morgan fingerprint density at radius 1 is 1.20 bits per heavy atom. The summed E-state index contributed by atoms with van der Waals surface area (Å²) < 4.78 is 1.58. The first-order valence-corrected chi connectivity index (χ1v) is 8.34. The zero-order valence-corrected chi connectivity index (χ0v) is 14.2. The van der Waals surface area contributed by atoms with Gasteiger partial charge in [0.25, 0.3) is 11.7 Å². The molecule has 1 aliphatic rings. The van der Waals surface area contributed by atoms with Gasteiger partial charge < -0.3 is 10.2 Å². The third kappa shape index (κ3) is 2.90. The molecule has 25 heavy (non-hydrogen) atoms. The molecule has 128 valence electrons. The fourth-order valence-electron chi connectivity index (χ4n) is 3.12. The van der Waals surface area contributed by atoms with Crippen LogP contribution in [0.4, 0.5) is 11.5 Å². The minimum absolute atomic E-state index is 0.0948. The first kappa shape index (κ1) is 15.5. The fraction of sp³-hybridized carbons (Fsp3) is 0.353. The topological polar surface area (TPSA) is 88.3 Å². The Kier molecular flexibility index (Phi) is 3.79. The van der Waals surface area contributed by atoms with Gasteiger partial charge in [-0.15, -0.1) is 5.10 Å². The van der Waals surface area contributed by atoms with Gasteiger partial charge in [0, 0.05) is 30.7 Å². The standard InChI is InChI=1S/C17H19N7O/c1-11-10-12(2)24-17(19-11)21-14(22-24)16(25)20-13-6-5-7-18-15(13)23-8-3-4-9-23/h5-7,10H,3-4,8-9H2,1-2H3,(H,20,25). The zero-order valence-electron chi connectivity index (χ0n) is 14.2. The van der Waals surface area contributed by atoms with Crippen LogP contribution in [0.15, 0.2) is 24.4 Å². The number of hydrogen-bond donors (Lipinski definition) is 1. The van der Waals surface area contributed by atoms with Gasteiger partial charge in [-0.2, -0.15) is 4.98 Å². The van der Waals surface area contributed by atoms with Crippen molar-refractivity contribution in [2.75, 3.05) is 23.3 Å². The highest BCUT2D eigenvalue weighted by Gasteiger charge is 2.20. The Bertz CT molecular complexity index is 943. The van der Waals surface area contributed by atoms with E-state index in [9.17, 15) is 4.79 Å². The van der Waals surface area contributed by atoms with E-state index >= 15 is 0 Å². The van der Waals surface area contributed by atoms with Gasteiger partial charge >= 0.3 is 0 Å². The van der Waals surface area contributed by atoms with E-state index in [4.69, 9.17) is 0 Å². The van der Waals surface area contributed by atoms with Crippen molar-refractivity contribution in [1.29, 1.82) is 0 Å². The molecule has 0 aliphatic carbocycles. The number of hydrogen-bond acceptors (Lipinski definition) is 6. The third-order valence-electron chi connectivity index (χ3n) is 4.26. The molecule has 0 saturated carbocycles. The molecule has 4 rings (SSSR count). The minimum Gasteiger partial charge on any atom is -0.355 e. The number of aryl methyl sites for hydroxylation is 2. The van der Waals surface area contributed by atoms with Crippen LogP contribution in [0.5, 0.6) is 0 Å². The molecule has 3 aromatic heterocycles. The molecule has 4 heterocycles. The molecule has 0 radical (unpaired) electrons. The van der Waals surface area contributed by atoms with Gasteiger partial charge in [0.1, 0.15) is 0 Å². The monoisotopic (exact) mass is 337 g/mol. The predicted molar refractivity (Wildman–Crippen MR) is 93.9 cm³/mol. The van der Waals surface area contributed by atoms with E-state index in [1.165, 1.54) is 0 Å². The average Bonchev–Trinajstić information content (AvgIpc) is 3.24. The first-order chi connectivity index (χ1) is 12.1. The largest absolute Gasteiger partial charge is 0.355 e. The summed E-state index contributed by atoms with van der Waals surface area (Å²) in [6, 6.07) is 5.55. The first-order valence-electron chi connectivity index (χ1n) is 8.34. The highest BCUT2D eigenvalue weighted by Crippen LogP contribution is 2.26. The maximum atomic E-state index is 12.6. The summed E-state index contributed by atoms with van der Waals surface area (Å²) in [6.45, 7) is 5.70. The molecular weight excluding hydrogens is 318 g/mol. The molecule has 0 spiro atoms. The molecule has 1 amide bonds. The van der Waals surface area contributed by atoms with Crippen molar-refractivity contribution in [3.8, 4) is 0 Å². The van der Waals surface area contributed by atoms with Crippen LogP contribution in [-0.4, -0.2) is 43.6 Å². The summed E-state index contributed by atoms with van der Waals surface area (Å²) in [5, 5.41) is 7.16. The second-order valence-electron chi connectivity index (χ2n) is 6.21. The molecule has 0 aromatic carbocycles. The normalized spacial score (nSPS) is 14.2. The van der Waals surface area contributed by atoms with Gasteiger partial charge in [0.2, 0.25) is 5.82 Å². The molecule has 1 saturated heterocycles. The minimum atomic E-state index is -0.365. The summed E-state index contributed by atoms with van der Waals surface area (Å²) in [5.41, 5.74) is 2.40. The van der Waals surface area contributed by atoms with E-state index in [1.54, 1.807) is 16.8 Å². The van der Waals surface area contributed by atoms with Crippen LogP contribution in [0.25, 0.3) is 5.78 Å². The Balaban J connectivity index is 1.63. The molecule has 1 fully saturated rings. The van der Waals surface area contributed by atoms with Crippen LogP contribution in [0, 0.1) is 13.8 Å². The number of nitrogens with zero attached hydrogens (tertiary/aromatic N) is 6. The summed E-state index contributed by atoms with van der Waals surface area (Å²) in [5.74, 6) is 0.948. The number of fused-ring (bicyclic) bond motifs is 1. The quantitative estimate of drug-likeness (QED) is 0.786. The maximum Gasteiger partial charge on any atom is 0.295 e. The van der Waals surface area contributed by atoms with Gasteiger partial charge in [-0.05, 0) is 44.9 Å². The predicted octanol–water partition coefficient (Wildman–Crippen LogP) is 1.99. The van der Waals surface area contributed by atoms with Crippen molar-refractivity contribution in [3.05, 3.63) is 41.6 Å². The second kappa shape index (κ2) is 6.12. The van der Waals surface area contributed by atoms with Crippen molar-refractivity contribution < 1.29 is 4.79 Å². The number of rotatable bonds is 3. The number of carbonyl (C=O) groups excluding carboxylic acids is 1. The Labute approximate surface area is 144 Å². The Hall–Kier alpha value is -3.03. The van der Waals surface area contributed by atoms with Gasteiger partial charge in [-0.1, -0.05) is 0 Å². The van der Waals surface area contributed by atoms with Gasteiger partial charge in [-0.25, -0.2) is 14.5 Å². The van der Waals surface area contributed by atoms with Crippen LogP contribution in [0.3, 0.4) is 0 Å². The lowest BCUT2D eigenvalue weighted by Gasteiger charge is -2.19. The van der Waals surface area contributed by atoms with Crippen molar-refractivity contribution in [2.24, 2.45) is 0 Å². The summed E-state index contributed by atoms with van der Waals surface area (Å²) in [6.07, 6.45) is 4.02. The molecule has 8 nitrogen and oxygen atoms in total. The number of aromatic nitrogens is 5. The van der Waals surface area contributed by atoms with Crippen LogP contribution in [-0.2, 0) is 0 Å². The van der Waals surface area contributed by atoms with Gasteiger partial charge in [-0.3, -0.25) is 4.79 Å². The SMILES string of the molecule is Cc1cc(C)n2nc(C(=O)Nc3cccnc3N3CCCC3)nc2n1. The van der Waals surface area contributed by atoms with Crippen molar-refractivity contribution in [1.82, 2.24) is 24.6 Å².